The third kappa shape index (κ3) is 33.9. The average Bonchev–Trinajstić information content (AvgIpc) is 1.97. The highest BCUT2D eigenvalue weighted by Crippen LogP contribution is 1.99. The SMILES string of the molecule is CCCCON=C(Br)Br.NC(=O)O. The highest BCUT2D eigenvalue weighted by molar-refractivity contribution is 9.39. The molecule has 0 aromatic carbocycles. The summed E-state index contributed by atoms with van der Waals surface area (Å²) in [5.41, 5.74) is 4.03. The number of nitrogens with zero attached hydrogens (tertiary/aromatic N) is 1. The van der Waals surface area contributed by atoms with E-state index in [1.807, 2.05) is 0 Å². The van der Waals surface area contributed by atoms with E-state index in [1.54, 1.807) is 0 Å². The number of nitrogens with two attached hydrogens (primary N) is 1. The lowest BCUT2D eigenvalue weighted by Crippen LogP contribution is -2.03. The van der Waals surface area contributed by atoms with Crippen LogP contribution in [0, 0.1) is 0 Å². The van der Waals surface area contributed by atoms with Crippen LogP contribution in [-0.2, 0) is 4.84 Å². The van der Waals surface area contributed by atoms with Crippen molar-refractivity contribution in [3.05, 3.63) is 0 Å². The molecule has 0 spiro atoms. The van der Waals surface area contributed by atoms with Gasteiger partial charge in [-0.15, -0.1) is 0 Å². The maximum absolute atomic E-state index is 8.78. The summed E-state index contributed by atoms with van der Waals surface area (Å²) in [6.07, 6.45) is 0.853. The van der Waals surface area contributed by atoms with Gasteiger partial charge in [0.15, 0.2) is 3.53 Å². The number of amides is 1. The first-order valence-electron chi connectivity index (χ1n) is 3.50. The molecule has 78 valence electrons. The number of rotatable bonds is 4. The normalized spacial score (nSPS) is 7.92. The van der Waals surface area contributed by atoms with Crippen LogP contribution in [-0.4, -0.2) is 21.3 Å². The highest BCUT2D eigenvalue weighted by Gasteiger charge is 1.84. The van der Waals surface area contributed by atoms with Gasteiger partial charge in [0.05, 0.1) is 0 Å². The Kier molecular flexibility index (Phi) is 13.7. The van der Waals surface area contributed by atoms with Crippen LogP contribution in [0.1, 0.15) is 19.8 Å². The number of hydrogen-bond donors (Lipinski definition) is 2. The van der Waals surface area contributed by atoms with Gasteiger partial charge in [0.2, 0.25) is 0 Å². The van der Waals surface area contributed by atoms with Gasteiger partial charge in [0.25, 0.3) is 0 Å². The van der Waals surface area contributed by atoms with Crippen molar-refractivity contribution in [2.45, 2.75) is 19.8 Å². The van der Waals surface area contributed by atoms with Gasteiger partial charge in [-0.1, -0.05) is 18.5 Å². The van der Waals surface area contributed by atoms with E-state index in [9.17, 15) is 0 Å². The molecule has 0 fully saturated rings. The zero-order valence-corrected chi connectivity index (χ0v) is 10.3. The predicted octanol–water partition coefficient (Wildman–Crippen LogP) is 2.49. The second-order valence-corrected chi connectivity index (χ2v) is 4.42. The Balaban J connectivity index is 0. The van der Waals surface area contributed by atoms with Crippen molar-refractivity contribution < 1.29 is 14.7 Å². The quantitative estimate of drug-likeness (QED) is 0.474. The number of carboxylic acid groups (broad SMARTS) is 1. The van der Waals surface area contributed by atoms with Crippen LogP contribution in [0.25, 0.3) is 0 Å². The summed E-state index contributed by atoms with van der Waals surface area (Å²) in [6.45, 7) is 2.80. The molecule has 0 rings (SSSR count). The maximum atomic E-state index is 8.78. The average molecular weight is 320 g/mol. The van der Waals surface area contributed by atoms with E-state index in [-0.39, 0.29) is 0 Å². The molecule has 0 atom stereocenters. The summed E-state index contributed by atoms with van der Waals surface area (Å²) in [5.74, 6) is 0. The molecule has 13 heavy (non-hydrogen) atoms. The molecular formula is C6H12Br2N2O3. The zero-order chi connectivity index (χ0) is 10.7. The number of unbranched alkanes of at least 4 members (excludes halogenated alkanes) is 1. The molecule has 1 amide bonds. The Bertz CT molecular complexity index is 156. The second kappa shape index (κ2) is 11.7. The van der Waals surface area contributed by atoms with E-state index in [4.69, 9.17) is 14.7 Å². The molecule has 0 saturated carbocycles. The first-order valence-corrected chi connectivity index (χ1v) is 5.08. The minimum Gasteiger partial charge on any atom is -0.465 e. The molecule has 0 bridgehead atoms. The fourth-order valence-corrected chi connectivity index (χ4v) is 0.508. The van der Waals surface area contributed by atoms with E-state index in [0.29, 0.717) is 10.1 Å². The minimum absolute atomic E-state index is 0.603. The van der Waals surface area contributed by atoms with Crippen LogP contribution >= 0.6 is 31.9 Å². The lowest BCUT2D eigenvalue weighted by molar-refractivity contribution is 0.143. The van der Waals surface area contributed by atoms with E-state index in [0.717, 1.165) is 12.8 Å². The largest absolute Gasteiger partial charge is 0.465 e. The smallest absolute Gasteiger partial charge is 0.402 e. The maximum Gasteiger partial charge on any atom is 0.402 e. The molecule has 0 aliphatic carbocycles. The molecule has 7 heteroatoms. The summed E-state index contributed by atoms with van der Waals surface area (Å²) in [6, 6.07) is 0. The number of primary amides is 1. The number of oxime groups is 1. The topological polar surface area (TPSA) is 84.9 Å². The van der Waals surface area contributed by atoms with Crippen LogP contribution in [0.15, 0.2) is 5.16 Å². The van der Waals surface area contributed by atoms with Gasteiger partial charge in [-0.3, -0.25) is 0 Å². The van der Waals surface area contributed by atoms with Crippen molar-refractivity contribution in [3.8, 4) is 0 Å². The third-order valence-corrected chi connectivity index (χ3v) is 1.01. The lowest BCUT2D eigenvalue weighted by Gasteiger charge is -1.94. The third-order valence-electron chi connectivity index (χ3n) is 0.723. The number of halogens is 2. The number of carbonyl (C=O) groups is 1. The Morgan fingerprint density at radius 3 is 2.38 bits per heavy atom. The molecule has 0 unspecified atom stereocenters. The van der Waals surface area contributed by atoms with Crippen LogP contribution in [0.3, 0.4) is 0 Å². The Morgan fingerprint density at radius 1 is 1.62 bits per heavy atom. The zero-order valence-electron chi connectivity index (χ0n) is 7.17. The van der Waals surface area contributed by atoms with E-state index in [1.165, 1.54) is 0 Å². The van der Waals surface area contributed by atoms with Crippen molar-refractivity contribution in [2.75, 3.05) is 6.61 Å². The first kappa shape index (κ1) is 15.2. The number of hydrogen-bond acceptors (Lipinski definition) is 3. The second-order valence-electron chi connectivity index (χ2n) is 1.86. The molecular weight excluding hydrogens is 308 g/mol. The minimum atomic E-state index is -1.33. The van der Waals surface area contributed by atoms with Crippen molar-refractivity contribution in [1.82, 2.24) is 0 Å². The van der Waals surface area contributed by atoms with Gasteiger partial charge in [-0.2, -0.15) is 0 Å². The first-order chi connectivity index (χ1) is 6.00. The van der Waals surface area contributed by atoms with E-state index < -0.39 is 6.09 Å². The molecule has 0 heterocycles. The van der Waals surface area contributed by atoms with Crippen molar-refractivity contribution >= 4 is 41.5 Å². The summed E-state index contributed by atoms with van der Waals surface area (Å²) < 4.78 is 0.603. The Hall–Kier alpha value is -0.300. The monoisotopic (exact) mass is 318 g/mol. The summed E-state index contributed by atoms with van der Waals surface area (Å²) >= 11 is 6.14. The summed E-state index contributed by atoms with van der Waals surface area (Å²) in [5, 5.41) is 10.8. The van der Waals surface area contributed by atoms with E-state index in [2.05, 4.69) is 49.7 Å². The van der Waals surface area contributed by atoms with Gasteiger partial charge >= 0.3 is 6.09 Å². The molecule has 0 aromatic rings. The van der Waals surface area contributed by atoms with E-state index >= 15 is 0 Å². The fourth-order valence-electron chi connectivity index (χ4n) is 0.303. The summed E-state index contributed by atoms with van der Waals surface area (Å²) in [7, 11) is 0. The van der Waals surface area contributed by atoms with Crippen molar-refractivity contribution in [3.63, 3.8) is 0 Å². The van der Waals surface area contributed by atoms with Crippen LogP contribution in [0.4, 0.5) is 4.79 Å². The van der Waals surface area contributed by atoms with Crippen LogP contribution < -0.4 is 5.73 Å². The molecule has 0 aromatic heterocycles. The van der Waals surface area contributed by atoms with Gasteiger partial charge < -0.3 is 15.7 Å². The predicted molar refractivity (Wildman–Crippen MR) is 58.4 cm³/mol. The molecule has 0 aliphatic heterocycles. The van der Waals surface area contributed by atoms with Crippen molar-refractivity contribution in [1.29, 1.82) is 0 Å². The highest BCUT2D eigenvalue weighted by atomic mass is 79.9. The van der Waals surface area contributed by atoms with Crippen LogP contribution in [0.2, 0.25) is 0 Å². The Labute approximate surface area is 93.6 Å². The molecule has 3 N–H and O–H groups in total. The standard InChI is InChI=1S/C5H9Br2NO.CH3NO2/c1-2-3-4-9-8-5(6)7;2-1(3)4/h2-4H2,1H3;2H2,(H,3,4). The molecule has 5 nitrogen and oxygen atoms in total. The van der Waals surface area contributed by atoms with Gasteiger partial charge in [-0.25, -0.2) is 4.79 Å². The lowest BCUT2D eigenvalue weighted by atomic mass is 10.4. The van der Waals surface area contributed by atoms with Gasteiger partial charge in [0, 0.05) is 0 Å². The van der Waals surface area contributed by atoms with Crippen LogP contribution in [0.5, 0.6) is 0 Å². The molecule has 0 aliphatic rings. The van der Waals surface area contributed by atoms with Gasteiger partial charge in [0.1, 0.15) is 6.61 Å². The van der Waals surface area contributed by atoms with Crippen molar-refractivity contribution in [2.24, 2.45) is 10.9 Å². The van der Waals surface area contributed by atoms with Gasteiger partial charge in [-0.05, 0) is 38.3 Å². The molecule has 0 saturated heterocycles. The summed E-state index contributed by atoms with van der Waals surface area (Å²) in [4.78, 5) is 13.6. The molecule has 0 radical (unpaired) electrons. The fraction of sp³-hybridized carbons (Fsp3) is 0.667. The Morgan fingerprint density at radius 2 is 2.08 bits per heavy atom.